The van der Waals surface area contributed by atoms with Gasteiger partial charge >= 0.3 is 12.7 Å². The number of carbonyl (C=O) groups excluding carboxylic acids is 1. The van der Waals surface area contributed by atoms with Crippen LogP contribution >= 0.6 is 31.9 Å². The Labute approximate surface area is 103 Å². The number of anilines is 1. The van der Waals surface area contributed by atoms with Crippen molar-refractivity contribution in [3.8, 4) is 0 Å². The van der Waals surface area contributed by atoms with Crippen molar-refractivity contribution >= 4 is 43.5 Å². The van der Waals surface area contributed by atoms with E-state index in [1.807, 2.05) is 0 Å². The third kappa shape index (κ3) is 2.94. The molecule has 4 nitrogen and oxygen atoms in total. The fourth-order valence-electron chi connectivity index (χ4n) is 0.922. The van der Waals surface area contributed by atoms with Gasteiger partial charge in [0.1, 0.15) is 0 Å². The smallest absolute Gasteiger partial charge is 0.359 e. The standard InChI is InChI=1S/C9H6Br2N2O2/c1-13-4-15-9(14)6-2-5(10)3-7(11)8(6)12/h2-3H,4,12H2. The van der Waals surface area contributed by atoms with Gasteiger partial charge < -0.3 is 10.5 Å². The van der Waals surface area contributed by atoms with Crippen LogP contribution in [0, 0.1) is 6.57 Å². The predicted octanol–water partition coefficient (Wildman–Crippen LogP) is 2.83. The molecule has 0 saturated heterocycles. The van der Waals surface area contributed by atoms with Crippen molar-refractivity contribution in [2.24, 2.45) is 0 Å². The molecule has 0 aliphatic rings. The van der Waals surface area contributed by atoms with Gasteiger partial charge in [-0.05, 0) is 28.1 Å². The van der Waals surface area contributed by atoms with Crippen LogP contribution in [-0.2, 0) is 4.74 Å². The number of rotatable bonds is 2. The van der Waals surface area contributed by atoms with Gasteiger partial charge in [-0.25, -0.2) is 11.4 Å². The third-order valence-corrected chi connectivity index (χ3v) is 2.69. The summed E-state index contributed by atoms with van der Waals surface area (Å²) in [7, 11) is 0. The Morgan fingerprint density at radius 2 is 2.20 bits per heavy atom. The number of hydrogen-bond acceptors (Lipinski definition) is 3. The van der Waals surface area contributed by atoms with Crippen molar-refractivity contribution in [2.75, 3.05) is 12.5 Å². The maximum atomic E-state index is 11.4. The van der Waals surface area contributed by atoms with E-state index in [0.29, 0.717) is 14.6 Å². The molecule has 0 aliphatic carbocycles. The summed E-state index contributed by atoms with van der Waals surface area (Å²) in [4.78, 5) is 14.4. The molecule has 0 aromatic heterocycles. The first-order chi connectivity index (χ1) is 7.06. The van der Waals surface area contributed by atoms with Gasteiger partial charge in [0.05, 0.1) is 11.3 Å². The fraction of sp³-hybridized carbons (Fsp3) is 0.111. The Bertz CT molecular complexity index is 440. The molecule has 0 radical (unpaired) electrons. The lowest BCUT2D eigenvalue weighted by molar-refractivity contribution is 0.0548. The van der Waals surface area contributed by atoms with E-state index in [1.54, 1.807) is 12.1 Å². The lowest BCUT2D eigenvalue weighted by Gasteiger charge is -2.06. The van der Waals surface area contributed by atoms with Crippen molar-refractivity contribution in [3.05, 3.63) is 38.1 Å². The Balaban J connectivity index is 3.04. The van der Waals surface area contributed by atoms with Crippen molar-refractivity contribution in [2.45, 2.75) is 0 Å². The maximum absolute atomic E-state index is 11.4. The van der Waals surface area contributed by atoms with Crippen LogP contribution in [0.5, 0.6) is 0 Å². The monoisotopic (exact) mass is 332 g/mol. The Hall–Kier alpha value is -1.06. The molecule has 1 rings (SSSR count). The molecule has 15 heavy (non-hydrogen) atoms. The summed E-state index contributed by atoms with van der Waals surface area (Å²) in [6, 6.07) is 3.27. The molecular formula is C9H6Br2N2O2. The van der Waals surface area contributed by atoms with E-state index < -0.39 is 5.97 Å². The molecule has 0 amide bonds. The van der Waals surface area contributed by atoms with Crippen LogP contribution in [0.25, 0.3) is 4.85 Å². The van der Waals surface area contributed by atoms with Crippen LogP contribution in [0.4, 0.5) is 5.69 Å². The molecule has 0 saturated carbocycles. The summed E-state index contributed by atoms with van der Waals surface area (Å²) in [5, 5.41) is 0. The fourth-order valence-corrected chi connectivity index (χ4v) is 2.15. The topological polar surface area (TPSA) is 56.7 Å². The molecule has 0 aliphatic heterocycles. The maximum Gasteiger partial charge on any atom is 0.359 e. The molecule has 0 bridgehead atoms. The van der Waals surface area contributed by atoms with Crippen LogP contribution in [0.1, 0.15) is 10.4 Å². The van der Waals surface area contributed by atoms with Gasteiger partial charge in [0, 0.05) is 8.95 Å². The molecule has 0 spiro atoms. The van der Waals surface area contributed by atoms with E-state index in [1.165, 1.54) is 0 Å². The van der Waals surface area contributed by atoms with Gasteiger partial charge in [-0.1, -0.05) is 15.9 Å². The number of nitrogen functional groups attached to an aromatic ring is 1. The molecule has 1 aromatic carbocycles. The number of carbonyl (C=O) groups is 1. The van der Waals surface area contributed by atoms with E-state index in [9.17, 15) is 4.79 Å². The van der Waals surface area contributed by atoms with Gasteiger partial charge in [-0.3, -0.25) is 4.85 Å². The highest BCUT2D eigenvalue weighted by Gasteiger charge is 2.15. The average molecular weight is 334 g/mol. The number of halogens is 2. The number of ether oxygens (including phenoxy) is 1. The summed E-state index contributed by atoms with van der Waals surface area (Å²) < 4.78 is 5.96. The Kier molecular flexibility index (Phi) is 4.12. The number of nitrogens with two attached hydrogens (primary N) is 1. The van der Waals surface area contributed by atoms with Crippen LogP contribution < -0.4 is 5.73 Å². The zero-order valence-corrected chi connectivity index (χ0v) is 10.6. The van der Waals surface area contributed by atoms with Crippen LogP contribution in [0.2, 0.25) is 0 Å². The first kappa shape index (κ1) is 12.0. The van der Waals surface area contributed by atoms with E-state index >= 15 is 0 Å². The molecule has 6 heteroatoms. The number of hydrogen-bond donors (Lipinski definition) is 1. The highest BCUT2D eigenvalue weighted by molar-refractivity contribution is 9.11. The number of benzene rings is 1. The van der Waals surface area contributed by atoms with Crippen molar-refractivity contribution in [3.63, 3.8) is 0 Å². The molecule has 0 unspecified atom stereocenters. The average Bonchev–Trinajstić information content (AvgIpc) is 2.19. The minimum atomic E-state index is -0.606. The second kappa shape index (κ2) is 5.14. The minimum absolute atomic E-state index is 0.236. The predicted molar refractivity (Wildman–Crippen MR) is 63.1 cm³/mol. The van der Waals surface area contributed by atoms with Crippen molar-refractivity contribution < 1.29 is 9.53 Å². The summed E-state index contributed by atoms with van der Waals surface area (Å²) in [6.45, 7) is 6.19. The molecule has 78 valence electrons. The second-order valence-electron chi connectivity index (χ2n) is 2.57. The molecule has 0 heterocycles. The van der Waals surface area contributed by atoms with Gasteiger partial charge in [0.2, 0.25) is 0 Å². The molecule has 0 fully saturated rings. The highest BCUT2D eigenvalue weighted by Crippen LogP contribution is 2.28. The van der Waals surface area contributed by atoms with Crippen molar-refractivity contribution in [1.82, 2.24) is 0 Å². The zero-order valence-electron chi connectivity index (χ0n) is 7.46. The lowest BCUT2D eigenvalue weighted by atomic mass is 10.2. The summed E-state index contributed by atoms with van der Waals surface area (Å²) in [6.07, 6.45) is 0. The van der Waals surface area contributed by atoms with E-state index in [0.717, 1.165) is 0 Å². The second-order valence-corrected chi connectivity index (χ2v) is 4.34. The van der Waals surface area contributed by atoms with Crippen LogP contribution in [0.15, 0.2) is 21.1 Å². The molecular weight excluding hydrogens is 328 g/mol. The van der Waals surface area contributed by atoms with E-state index in [2.05, 4.69) is 41.4 Å². The number of esters is 1. The Morgan fingerprint density at radius 1 is 1.53 bits per heavy atom. The molecule has 0 atom stereocenters. The summed E-state index contributed by atoms with van der Waals surface area (Å²) in [5.74, 6) is -0.606. The summed E-state index contributed by atoms with van der Waals surface area (Å²) >= 11 is 6.44. The minimum Gasteiger partial charge on any atom is -0.397 e. The molecule has 1 aromatic rings. The van der Waals surface area contributed by atoms with E-state index in [4.69, 9.17) is 12.3 Å². The van der Waals surface area contributed by atoms with Gasteiger partial charge in [0.15, 0.2) is 0 Å². The summed E-state index contributed by atoms with van der Waals surface area (Å²) in [5.41, 5.74) is 6.21. The first-order valence-corrected chi connectivity index (χ1v) is 5.39. The van der Waals surface area contributed by atoms with Crippen molar-refractivity contribution in [1.29, 1.82) is 0 Å². The van der Waals surface area contributed by atoms with Gasteiger partial charge in [-0.2, -0.15) is 0 Å². The van der Waals surface area contributed by atoms with Gasteiger partial charge in [-0.15, -0.1) is 0 Å². The largest absolute Gasteiger partial charge is 0.397 e. The van der Waals surface area contributed by atoms with Crippen LogP contribution in [-0.4, -0.2) is 12.7 Å². The number of nitrogens with zero attached hydrogens (tertiary/aromatic N) is 1. The normalized spacial score (nSPS) is 9.40. The highest BCUT2D eigenvalue weighted by atomic mass is 79.9. The quantitative estimate of drug-likeness (QED) is 0.514. The zero-order chi connectivity index (χ0) is 11.4. The van der Waals surface area contributed by atoms with Gasteiger partial charge in [0.25, 0.3) is 0 Å². The first-order valence-electron chi connectivity index (χ1n) is 3.81. The van der Waals surface area contributed by atoms with E-state index in [-0.39, 0.29) is 12.3 Å². The molecule has 2 N–H and O–H groups in total. The SMILES string of the molecule is [C-]#[N+]COC(=O)c1cc(Br)cc(Br)c1N. The third-order valence-electron chi connectivity index (χ3n) is 1.57. The lowest BCUT2D eigenvalue weighted by Crippen LogP contribution is -2.08. The Morgan fingerprint density at radius 3 is 2.80 bits per heavy atom. The van der Waals surface area contributed by atoms with Crippen LogP contribution in [0.3, 0.4) is 0 Å².